The summed E-state index contributed by atoms with van der Waals surface area (Å²) in [7, 11) is 0. The van der Waals surface area contributed by atoms with Crippen LogP contribution in [0.1, 0.15) is 23.7 Å². The molecule has 0 aliphatic rings. The maximum absolute atomic E-state index is 10.8. The Morgan fingerprint density at radius 1 is 1.67 bits per heavy atom. The zero-order chi connectivity index (χ0) is 11.3. The molecule has 0 bridgehead atoms. The molecule has 5 heteroatoms. The highest BCUT2D eigenvalue weighted by Crippen LogP contribution is 2.13. The average molecular weight is 210 g/mol. The van der Waals surface area contributed by atoms with Crippen LogP contribution < -0.4 is 5.32 Å². The number of nitrogens with zero attached hydrogens (tertiary/aromatic N) is 1. The Labute approximate surface area is 87.8 Å². The number of aromatic carboxylic acids is 1. The minimum atomic E-state index is -0.989. The lowest BCUT2D eigenvalue weighted by Crippen LogP contribution is -2.12. The van der Waals surface area contributed by atoms with Crippen LogP contribution in [0.15, 0.2) is 18.5 Å². The Hall–Kier alpha value is -1.62. The Kier molecular flexibility index (Phi) is 4.05. The van der Waals surface area contributed by atoms with Crippen molar-refractivity contribution in [3.05, 3.63) is 24.0 Å². The predicted octanol–water partition coefficient (Wildman–Crippen LogP) is 0.963. The summed E-state index contributed by atoms with van der Waals surface area (Å²) < 4.78 is 0. The van der Waals surface area contributed by atoms with Crippen molar-refractivity contribution in [3.63, 3.8) is 0 Å². The van der Waals surface area contributed by atoms with Gasteiger partial charge in [0.05, 0.1) is 23.6 Å². The number of anilines is 1. The van der Waals surface area contributed by atoms with Gasteiger partial charge in [0.1, 0.15) is 0 Å². The highest BCUT2D eigenvalue weighted by Gasteiger charge is 2.08. The quantitative estimate of drug-likeness (QED) is 0.674. The van der Waals surface area contributed by atoms with Crippen LogP contribution in [0.25, 0.3) is 0 Å². The van der Waals surface area contributed by atoms with Crippen molar-refractivity contribution >= 4 is 11.7 Å². The van der Waals surface area contributed by atoms with E-state index in [9.17, 15) is 4.79 Å². The number of aliphatic hydroxyl groups excluding tert-OH is 1. The number of nitrogens with one attached hydrogen (secondary N) is 1. The lowest BCUT2D eigenvalue weighted by atomic mass is 10.2. The summed E-state index contributed by atoms with van der Waals surface area (Å²) in [6.45, 7) is 2.20. The Bertz CT molecular complexity index is 339. The number of carboxylic acids is 1. The van der Waals surface area contributed by atoms with Crippen LogP contribution in [0.2, 0.25) is 0 Å². The number of hydrogen-bond acceptors (Lipinski definition) is 4. The van der Waals surface area contributed by atoms with E-state index in [4.69, 9.17) is 10.2 Å². The molecule has 0 aliphatic heterocycles. The molecule has 15 heavy (non-hydrogen) atoms. The van der Waals surface area contributed by atoms with Gasteiger partial charge in [-0.2, -0.15) is 0 Å². The van der Waals surface area contributed by atoms with Crippen molar-refractivity contribution in [3.8, 4) is 0 Å². The van der Waals surface area contributed by atoms with E-state index in [0.29, 0.717) is 18.7 Å². The smallest absolute Gasteiger partial charge is 0.337 e. The van der Waals surface area contributed by atoms with E-state index < -0.39 is 12.1 Å². The number of pyridine rings is 1. The second-order valence-corrected chi connectivity index (χ2v) is 3.29. The predicted molar refractivity (Wildman–Crippen MR) is 56.0 cm³/mol. The molecular weight excluding hydrogens is 196 g/mol. The zero-order valence-corrected chi connectivity index (χ0v) is 8.47. The topological polar surface area (TPSA) is 82.5 Å². The summed E-state index contributed by atoms with van der Waals surface area (Å²) in [6.07, 6.45) is 3.06. The van der Waals surface area contributed by atoms with Crippen LogP contribution in [-0.4, -0.2) is 33.8 Å². The summed E-state index contributed by atoms with van der Waals surface area (Å²) in [5, 5.41) is 20.8. The third-order valence-corrected chi connectivity index (χ3v) is 1.93. The molecule has 0 fully saturated rings. The second kappa shape index (κ2) is 5.31. The van der Waals surface area contributed by atoms with Gasteiger partial charge in [-0.05, 0) is 19.4 Å². The fourth-order valence-electron chi connectivity index (χ4n) is 1.14. The van der Waals surface area contributed by atoms with E-state index in [1.165, 1.54) is 18.5 Å². The molecule has 1 aromatic heterocycles. The van der Waals surface area contributed by atoms with Gasteiger partial charge in [0.25, 0.3) is 0 Å². The van der Waals surface area contributed by atoms with Crippen molar-refractivity contribution in [1.29, 1.82) is 0 Å². The zero-order valence-electron chi connectivity index (χ0n) is 8.47. The Morgan fingerprint density at radius 3 is 3.00 bits per heavy atom. The highest BCUT2D eigenvalue weighted by atomic mass is 16.4. The summed E-state index contributed by atoms with van der Waals surface area (Å²) in [5.74, 6) is -0.989. The van der Waals surface area contributed by atoms with Gasteiger partial charge in [-0.3, -0.25) is 4.98 Å². The minimum absolute atomic E-state index is 0.190. The normalized spacial score (nSPS) is 12.1. The first kappa shape index (κ1) is 11.5. The number of aliphatic hydroxyl groups is 1. The third kappa shape index (κ3) is 3.55. The lowest BCUT2D eigenvalue weighted by Gasteiger charge is -2.09. The summed E-state index contributed by atoms with van der Waals surface area (Å²) in [4.78, 5) is 14.6. The first-order valence-corrected chi connectivity index (χ1v) is 4.70. The van der Waals surface area contributed by atoms with Gasteiger partial charge in [0.15, 0.2) is 0 Å². The molecule has 1 aromatic rings. The highest BCUT2D eigenvalue weighted by molar-refractivity contribution is 5.93. The first-order valence-electron chi connectivity index (χ1n) is 4.70. The second-order valence-electron chi connectivity index (χ2n) is 3.29. The van der Waals surface area contributed by atoms with Crippen LogP contribution in [0.4, 0.5) is 5.69 Å². The molecule has 1 heterocycles. The van der Waals surface area contributed by atoms with E-state index in [1.807, 2.05) is 0 Å². The molecule has 0 saturated carbocycles. The summed E-state index contributed by atoms with van der Waals surface area (Å²) >= 11 is 0. The molecular formula is C10H14N2O3. The molecule has 0 spiro atoms. The van der Waals surface area contributed by atoms with Crippen LogP contribution in [0, 0.1) is 0 Å². The molecule has 1 unspecified atom stereocenters. The van der Waals surface area contributed by atoms with E-state index >= 15 is 0 Å². The molecule has 5 nitrogen and oxygen atoms in total. The van der Waals surface area contributed by atoms with Gasteiger partial charge >= 0.3 is 5.97 Å². The number of carboxylic acid groups (broad SMARTS) is 1. The molecule has 1 atom stereocenters. The maximum Gasteiger partial charge on any atom is 0.337 e. The summed E-state index contributed by atoms with van der Waals surface area (Å²) in [5.41, 5.74) is 0.668. The number of carbonyl (C=O) groups is 1. The molecule has 0 amide bonds. The van der Waals surface area contributed by atoms with E-state index in [2.05, 4.69) is 10.3 Å². The van der Waals surface area contributed by atoms with Gasteiger partial charge in [-0.25, -0.2) is 4.79 Å². The molecule has 0 radical (unpaired) electrons. The van der Waals surface area contributed by atoms with Crippen molar-refractivity contribution in [2.75, 3.05) is 11.9 Å². The fourth-order valence-corrected chi connectivity index (χ4v) is 1.14. The van der Waals surface area contributed by atoms with E-state index in [-0.39, 0.29) is 5.56 Å². The molecule has 0 aromatic carbocycles. The van der Waals surface area contributed by atoms with Gasteiger partial charge in [0, 0.05) is 12.7 Å². The average Bonchev–Trinajstić information content (AvgIpc) is 2.17. The van der Waals surface area contributed by atoms with Gasteiger partial charge in [0.2, 0.25) is 0 Å². The minimum Gasteiger partial charge on any atom is -0.478 e. The first-order chi connectivity index (χ1) is 7.11. The molecule has 0 saturated heterocycles. The van der Waals surface area contributed by atoms with E-state index in [0.717, 1.165) is 0 Å². The van der Waals surface area contributed by atoms with Crippen molar-refractivity contribution in [1.82, 2.24) is 4.98 Å². The van der Waals surface area contributed by atoms with Crippen molar-refractivity contribution in [2.24, 2.45) is 0 Å². The number of aromatic nitrogens is 1. The largest absolute Gasteiger partial charge is 0.478 e. The number of hydrogen-bond donors (Lipinski definition) is 3. The number of rotatable bonds is 5. The SMILES string of the molecule is CC(O)CCNc1cnccc1C(=O)O. The van der Waals surface area contributed by atoms with Crippen molar-refractivity contribution < 1.29 is 15.0 Å². The Morgan fingerprint density at radius 2 is 2.40 bits per heavy atom. The van der Waals surface area contributed by atoms with Gasteiger partial charge < -0.3 is 15.5 Å². The fraction of sp³-hybridized carbons (Fsp3) is 0.400. The van der Waals surface area contributed by atoms with Gasteiger partial charge in [-0.15, -0.1) is 0 Å². The molecule has 0 aliphatic carbocycles. The standard InChI is InChI=1S/C10H14N2O3/c1-7(13)2-5-12-9-6-11-4-3-8(9)10(14)15/h3-4,6-7,12-13H,2,5H2,1H3,(H,14,15). The summed E-state index contributed by atoms with van der Waals surface area (Å²) in [6, 6.07) is 1.44. The van der Waals surface area contributed by atoms with Gasteiger partial charge in [-0.1, -0.05) is 0 Å². The van der Waals surface area contributed by atoms with Crippen LogP contribution in [-0.2, 0) is 0 Å². The van der Waals surface area contributed by atoms with E-state index in [1.54, 1.807) is 6.92 Å². The monoisotopic (exact) mass is 210 g/mol. The van der Waals surface area contributed by atoms with Crippen LogP contribution >= 0.6 is 0 Å². The molecule has 1 rings (SSSR count). The van der Waals surface area contributed by atoms with Crippen LogP contribution in [0.5, 0.6) is 0 Å². The maximum atomic E-state index is 10.8. The molecule has 82 valence electrons. The van der Waals surface area contributed by atoms with Crippen LogP contribution in [0.3, 0.4) is 0 Å². The Balaban J connectivity index is 2.63. The molecule has 3 N–H and O–H groups in total. The lowest BCUT2D eigenvalue weighted by molar-refractivity contribution is 0.0698. The van der Waals surface area contributed by atoms with Crippen molar-refractivity contribution in [2.45, 2.75) is 19.4 Å². The third-order valence-electron chi connectivity index (χ3n) is 1.93.